The van der Waals surface area contributed by atoms with Crippen LogP contribution >= 0.6 is 0 Å². The molecule has 1 heterocycles. The average Bonchev–Trinajstić information content (AvgIpc) is 3.34. The van der Waals surface area contributed by atoms with Gasteiger partial charge < -0.3 is 9.84 Å². The summed E-state index contributed by atoms with van der Waals surface area (Å²) in [6.45, 7) is 2.40. The Morgan fingerprint density at radius 1 is 1.11 bits per heavy atom. The van der Waals surface area contributed by atoms with Crippen molar-refractivity contribution in [3.63, 3.8) is 0 Å². The lowest BCUT2D eigenvalue weighted by atomic mass is 9.99. The molecule has 1 N–H and O–H groups in total. The summed E-state index contributed by atoms with van der Waals surface area (Å²) in [5.41, 5.74) is 4.63. The molecule has 4 rings (SSSR count). The van der Waals surface area contributed by atoms with Crippen LogP contribution in [0.2, 0.25) is 0 Å². The highest BCUT2D eigenvalue weighted by Crippen LogP contribution is 2.28. The first-order chi connectivity index (χ1) is 13.6. The standard InChI is InChI=1S/C22H21N3O3/c1-2-20-24-21(28-25-20)11-12-23-22(27)15-5-3-14(4-6-15)16-7-9-18-17(13-16)8-10-19(18)26/h3-7,9,13H,2,8,10-12H2,1H3,(H,23,27). The molecule has 0 radical (unpaired) electrons. The van der Waals surface area contributed by atoms with Crippen LogP contribution in [-0.2, 0) is 19.3 Å². The van der Waals surface area contributed by atoms with Gasteiger partial charge in [0, 0.05) is 36.9 Å². The lowest BCUT2D eigenvalue weighted by Gasteiger charge is -2.07. The van der Waals surface area contributed by atoms with Crippen molar-refractivity contribution in [2.24, 2.45) is 0 Å². The van der Waals surface area contributed by atoms with E-state index >= 15 is 0 Å². The Morgan fingerprint density at radius 3 is 2.64 bits per heavy atom. The maximum Gasteiger partial charge on any atom is 0.251 e. The number of Topliss-reactive ketones (excluding diaryl/α,β-unsaturated/α-hetero) is 1. The van der Waals surface area contributed by atoms with Crippen molar-refractivity contribution in [2.45, 2.75) is 32.6 Å². The number of aryl methyl sites for hydroxylation is 2. The molecule has 142 valence electrons. The van der Waals surface area contributed by atoms with E-state index in [1.54, 1.807) is 0 Å². The normalized spacial score (nSPS) is 12.8. The molecule has 6 nitrogen and oxygen atoms in total. The van der Waals surface area contributed by atoms with E-state index in [9.17, 15) is 9.59 Å². The third-order valence-corrected chi connectivity index (χ3v) is 4.96. The SMILES string of the molecule is CCc1noc(CCNC(=O)c2ccc(-c3ccc4c(c3)CCC4=O)cc2)n1. The number of hydrogen-bond donors (Lipinski definition) is 1. The fourth-order valence-electron chi connectivity index (χ4n) is 3.37. The summed E-state index contributed by atoms with van der Waals surface area (Å²) in [7, 11) is 0. The van der Waals surface area contributed by atoms with Gasteiger partial charge in [0.1, 0.15) is 0 Å². The van der Waals surface area contributed by atoms with E-state index < -0.39 is 0 Å². The first kappa shape index (κ1) is 18.1. The van der Waals surface area contributed by atoms with Crippen LogP contribution in [0.3, 0.4) is 0 Å². The molecular weight excluding hydrogens is 354 g/mol. The van der Waals surface area contributed by atoms with Gasteiger partial charge in [-0.2, -0.15) is 4.98 Å². The monoisotopic (exact) mass is 375 g/mol. The number of ketones is 1. The van der Waals surface area contributed by atoms with Crippen LogP contribution in [0.5, 0.6) is 0 Å². The summed E-state index contributed by atoms with van der Waals surface area (Å²) in [4.78, 5) is 28.3. The fraction of sp³-hybridized carbons (Fsp3) is 0.273. The lowest BCUT2D eigenvalue weighted by molar-refractivity contribution is 0.0952. The van der Waals surface area contributed by atoms with Gasteiger partial charge in [0.2, 0.25) is 5.89 Å². The summed E-state index contributed by atoms with van der Waals surface area (Å²) < 4.78 is 5.11. The summed E-state index contributed by atoms with van der Waals surface area (Å²) >= 11 is 0. The van der Waals surface area contributed by atoms with Crippen molar-refractivity contribution in [1.82, 2.24) is 15.5 Å². The molecule has 1 aromatic heterocycles. The summed E-state index contributed by atoms with van der Waals surface area (Å²) in [6.07, 6.45) is 2.64. The molecule has 0 spiro atoms. The predicted molar refractivity (Wildman–Crippen MR) is 104 cm³/mol. The van der Waals surface area contributed by atoms with Crippen LogP contribution in [-0.4, -0.2) is 28.4 Å². The highest BCUT2D eigenvalue weighted by Gasteiger charge is 2.19. The van der Waals surface area contributed by atoms with Crippen molar-refractivity contribution in [3.8, 4) is 11.1 Å². The van der Waals surface area contributed by atoms with Crippen molar-refractivity contribution in [3.05, 3.63) is 70.9 Å². The predicted octanol–water partition coefficient (Wildman–Crippen LogP) is 3.40. The van der Waals surface area contributed by atoms with E-state index in [0.717, 1.165) is 35.1 Å². The maximum absolute atomic E-state index is 12.3. The van der Waals surface area contributed by atoms with Gasteiger partial charge in [-0.1, -0.05) is 42.4 Å². The third kappa shape index (κ3) is 3.71. The van der Waals surface area contributed by atoms with Crippen LogP contribution in [0.25, 0.3) is 11.1 Å². The Balaban J connectivity index is 1.37. The second-order valence-electron chi connectivity index (χ2n) is 6.84. The first-order valence-electron chi connectivity index (χ1n) is 9.50. The molecule has 0 fully saturated rings. The quantitative estimate of drug-likeness (QED) is 0.714. The van der Waals surface area contributed by atoms with Crippen molar-refractivity contribution < 1.29 is 14.1 Å². The topological polar surface area (TPSA) is 85.1 Å². The highest BCUT2D eigenvalue weighted by atomic mass is 16.5. The van der Waals surface area contributed by atoms with E-state index in [2.05, 4.69) is 21.5 Å². The molecule has 1 aliphatic carbocycles. The molecule has 1 amide bonds. The number of fused-ring (bicyclic) bond motifs is 1. The minimum absolute atomic E-state index is 0.138. The van der Waals surface area contributed by atoms with Crippen molar-refractivity contribution in [2.75, 3.05) is 6.54 Å². The Morgan fingerprint density at radius 2 is 1.89 bits per heavy atom. The van der Waals surface area contributed by atoms with E-state index in [4.69, 9.17) is 4.52 Å². The summed E-state index contributed by atoms with van der Waals surface area (Å²) in [6, 6.07) is 13.4. The van der Waals surface area contributed by atoms with Crippen LogP contribution in [0.1, 0.15) is 51.3 Å². The Hall–Kier alpha value is -3.28. The number of amides is 1. The number of nitrogens with zero attached hydrogens (tertiary/aromatic N) is 2. The van der Waals surface area contributed by atoms with Gasteiger partial charge in [-0.25, -0.2) is 0 Å². The minimum atomic E-state index is -0.138. The number of rotatable bonds is 6. The zero-order valence-electron chi connectivity index (χ0n) is 15.7. The van der Waals surface area contributed by atoms with Crippen molar-refractivity contribution >= 4 is 11.7 Å². The largest absolute Gasteiger partial charge is 0.352 e. The molecule has 0 bridgehead atoms. The first-order valence-corrected chi connectivity index (χ1v) is 9.50. The maximum atomic E-state index is 12.3. The Kier molecular flexibility index (Phi) is 5.02. The zero-order chi connectivity index (χ0) is 19.5. The number of aromatic nitrogens is 2. The van der Waals surface area contributed by atoms with E-state index in [0.29, 0.717) is 36.7 Å². The van der Waals surface area contributed by atoms with Crippen LogP contribution in [0.4, 0.5) is 0 Å². The number of carbonyl (C=O) groups excluding carboxylic acids is 2. The van der Waals surface area contributed by atoms with Gasteiger partial charge in [-0.15, -0.1) is 0 Å². The molecule has 0 saturated heterocycles. The van der Waals surface area contributed by atoms with Gasteiger partial charge in [0.25, 0.3) is 5.91 Å². The second-order valence-corrected chi connectivity index (χ2v) is 6.84. The van der Waals surface area contributed by atoms with Crippen LogP contribution < -0.4 is 5.32 Å². The fourth-order valence-corrected chi connectivity index (χ4v) is 3.37. The third-order valence-electron chi connectivity index (χ3n) is 4.96. The van der Waals surface area contributed by atoms with Crippen LogP contribution in [0.15, 0.2) is 47.0 Å². The molecule has 1 aliphatic rings. The molecule has 3 aromatic rings. The van der Waals surface area contributed by atoms with E-state index in [1.165, 1.54) is 0 Å². The average molecular weight is 375 g/mol. The molecule has 2 aromatic carbocycles. The molecule has 0 unspecified atom stereocenters. The smallest absolute Gasteiger partial charge is 0.251 e. The van der Waals surface area contributed by atoms with Crippen LogP contribution in [0, 0.1) is 0 Å². The highest BCUT2D eigenvalue weighted by molar-refractivity contribution is 6.01. The second kappa shape index (κ2) is 7.76. The Bertz CT molecular complexity index is 1020. The lowest BCUT2D eigenvalue weighted by Crippen LogP contribution is -2.25. The number of carbonyl (C=O) groups is 2. The zero-order valence-corrected chi connectivity index (χ0v) is 15.7. The molecular formula is C22H21N3O3. The molecule has 28 heavy (non-hydrogen) atoms. The summed E-state index contributed by atoms with van der Waals surface area (Å²) in [5, 5.41) is 6.71. The van der Waals surface area contributed by atoms with Gasteiger partial charge in [-0.3, -0.25) is 9.59 Å². The number of nitrogens with one attached hydrogen (secondary N) is 1. The van der Waals surface area contributed by atoms with Gasteiger partial charge in [0.05, 0.1) is 0 Å². The number of hydrogen-bond acceptors (Lipinski definition) is 5. The van der Waals surface area contributed by atoms with E-state index in [-0.39, 0.29) is 11.7 Å². The van der Waals surface area contributed by atoms with Gasteiger partial charge in [-0.05, 0) is 35.2 Å². The van der Waals surface area contributed by atoms with Gasteiger partial charge >= 0.3 is 0 Å². The minimum Gasteiger partial charge on any atom is -0.352 e. The van der Waals surface area contributed by atoms with Crippen molar-refractivity contribution in [1.29, 1.82) is 0 Å². The molecule has 0 aliphatic heterocycles. The molecule has 6 heteroatoms. The summed E-state index contributed by atoms with van der Waals surface area (Å²) in [5.74, 6) is 1.29. The molecule has 0 saturated carbocycles. The van der Waals surface area contributed by atoms with E-state index in [1.807, 2.05) is 43.3 Å². The van der Waals surface area contributed by atoms with Gasteiger partial charge in [0.15, 0.2) is 11.6 Å². The Labute approximate surface area is 163 Å². The molecule has 0 atom stereocenters. The number of benzene rings is 2.